The van der Waals surface area contributed by atoms with Gasteiger partial charge in [-0.05, 0) is 0 Å². The van der Waals surface area contributed by atoms with Gasteiger partial charge in [0, 0.05) is 0 Å². The average Bonchev–Trinajstić information content (AvgIpc) is 3.06. The maximum atomic E-state index is 13.9. The van der Waals surface area contributed by atoms with Crippen molar-refractivity contribution in [3.05, 3.63) is 137 Å². The van der Waals surface area contributed by atoms with Gasteiger partial charge in [-0.1, -0.05) is 0 Å². The number of rotatable bonds is 11. The van der Waals surface area contributed by atoms with E-state index in [1.807, 2.05) is 42.5 Å². The second kappa shape index (κ2) is 12.6. The van der Waals surface area contributed by atoms with Crippen LogP contribution in [0.2, 0.25) is 0 Å². The molecule has 5 nitrogen and oxygen atoms in total. The van der Waals surface area contributed by atoms with Crippen LogP contribution in [0.5, 0.6) is 0 Å². The van der Waals surface area contributed by atoms with Gasteiger partial charge in [-0.25, -0.2) is 0 Å². The molecule has 0 saturated carbocycles. The molecule has 1 aliphatic heterocycles. The Bertz CT molecular complexity index is 1660. The van der Waals surface area contributed by atoms with E-state index in [0.29, 0.717) is 35.9 Å². The standard InChI is InChI=1S/C36H32BrN2O3P/c37-33-20-19-32-34-30(33)17-10-18-31(34)35(41)39(36(32)42)24-22-29(21-23-38-25-40)43(26-11-4-1-5-12-26,27-13-6-2-7-14-27)28-15-8-3-9-16-28/h1-20,25,29,43H,21-24H2,(H,38,40). The molecule has 3 amide bonds. The molecule has 0 spiro atoms. The number of halogens is 1. The third-order valence-corrected chi connectivity index (χ3v) is 14.9. The molecule has 5 aromatic rings. The number of hydrogen-bond donors (Lipinski definition) is 1. The molecule has 1 heterocycles. The number of hydrogen-bond acceptors (Lipinski definition) is 3. The molecule has 1 atom stereocenters. The fourth-order valence-electron chi connectivity index (χ4n) is 6.80. The van der Waals surface area contributed by atoms with Crippen LogP contribution in [0, 0.1) is 0 Å². The van der Waals surface area contributed by atoms with Crippen LogP contribution >= 0.6 is 23.2 Å². The van der Waals surface area contributed by atoms with E-state index in [1.54, 1.807) is 6.07 Å². The predicted molar refractivity (Wildman–Crippen MR) is 181 cm³/mol. The fraction of sp³-hybridized carbons (Fsp3) is 0.139. The van der Waals surface area contributed by atoms with Gasteiger partial charge in [-0.3, -0.25) is 0 Å². The first-order chi connectivity index (χ1) is 21.1. The third kappa shape index (κ3) is 5.20. The quantitative estimate of drug-likeness (QED) is 0.0848. The van der Waals surface area contributed by atoms with Crippen LogP contribution in [0.1, 0.15) is 33.6 Å². The second-order valence-electron chi connectivity index (χ2n) is 10.8. The minimum atomic E-state index is -2.77. The third-order valence-electron chi connectivity index (χ3n) is 8.66. The van der Waals surface area contributed by atoms with Crippen molar-refractivity contribution in [2.75, 3.05) is 13.1 Å². The Morgan fingerprint density at radius 3 is 1.74 bits per heavy atom. The van der Waals surface area contributed by atoms with Gasteiger partial charge in [0.25, 0.3) is 0 Å². The Labute approximate surface area is 260 Å². The van der Waals surface area contributed by atoms with Crippen LogP contribution in [0.15, 0.2) is 126 Å². The van der Waals surface area contributed by atoms with Crippen molar-refractivity contribution in [3.63, 3.8) is 0 Å². The zero-order valence-corrected chi connectivity index (χ0v) is 26.2. The fourth-order valence-corrected chi connectivity index (χ4v) is 13.0. The summed E-state index contributed by atoms with van der Waals surface area (Å²) >= 11 is 3.58. The molecule has 1 N–H and O–H groups in total. The number of benzene rings is 5. The molecule has 0 radical (unpaired) electrons. The van der Waals surface area contributed by atoms with Gasteiger partial charge < -0.3 is 0 Å². The van der Waals surface area contributed by atoms with E-state index in [2.05, 4.69) is 94.0 Å². The van der Waals surface area contributed by atoms with Crippen molar-refractivity contribution >= 4 is 68.1 Å². The summed E-state index contributed by atoms with van der Waals surface area (Å²) in [6.45, 7) is 0.768. The summed E-state index contributed by atoms with van der Waals surface area (Å²) in [6, 6.07) is 41.1. The van der Waals surface area contributed by atoms with E-state index < -0.39 is 7.26 Å². The molecule has 0 bridgehead atoms. The van der Waals surface area contributed by atoms with E-state index in [4.69, 9.17) is 0 Å². The van der Waals surface area contributed by atoms with Crippen molar-refractivity contribution in [1.82, 2.24) is 10.2 Å². The molecule has 0 aliphatic carbocycles. The van der Waals surface area contributed by atoms with E-state index in [1.165, 1.54) is 20.8 Å². The van der Waals surface area contributed by atoms with Crippen molar-refractivity contribution in [2.45, 2.75) is 18.5 Å². The van der Waals surface area contributed by atoms with Crippen molar-refractivity contribution in [3.8, 4) is 0 Å². The van der Waals surface area contributed by atoms with Crippen LogP contribution in [-0.4, -0.2) is 41.9 Å². The molecule has 0 fully saturated rings. The Kier molecular flexibility index (Phi) is 8.51. The molecular weight excluding hydrogens is 619 g/mol. The van der Waals surface area contributed by atoms with E-state index >= 15 is 0 Å². The van der Waals surface area contributed by atoms with Crippen molar-refractivity contribution in [2.24, 2.45) is 0 Å². The van der Waals surface area contributed by atoms with Gasteiger partial charge in [0.05, 0.1) is 0 Å². The van der Waals surface area contributed by atoms with Gasteiger partial charge in [0.1, 0.15) is 0 Å². The van der Waals surface area contributed by atoms with E-state index in [9.17, 15) is 14.4 Å². The van der Waals surface area contributed by atoms with Crippen LogP contribution in [0.3, 0.4) is 0 Å². The number of amides is 3. The van der Waals surface area contributed by atoms with Crippen LogP contribution in [-0.2, 0) is 4.79 Å². The van der Waals surface area contributed by atoms with Crippen LogP contribution < -0.4 is 21.2 Å². The van der Waals surface area contributed by atoms with Crippen LogP contribution in [0.4, 0.5) is 0 Å². The van der Waals surface area contributed by atoms with Gasteiger partial charge in [0.2, 0.25) is 0 Å². The average molecular weight is 652 g/mol. The zero-order valence-electron chi connectivity index (χ0n) is 23.6. The number of nitrogens with one attached hydrogen (secondary N) is 1. The molecule has 1 aliphatic rings. The van der Waals surface area contributed by atoms with Gasteiger partial charge in [0.15, 0.2) is 0 Å². The topological polar surface area (TPSA) is 66.5 Å². The number of carbonyl (C=O) groups excluding carboxylic acids is 3. The number of nitrogens with zero attached hydrogens (tertiary/aromatic N) is 1. The maximum absolute atomic E-state index is 13.9. The molecule has 0 aromatic heterocycles. The predicted octanol–water partition coefficient (Wildman–Crippen LogP) is 5.82. The molecule has 216 valence electrons. The minimum absolute atomic E-state index is 0.0508. The Morgan fingerprint density at radius 2 is 1.21 bits per heavy atom. The zero-order chi connectivity index (χ0) is 29.8. The number of imide groups is 1. The molecule has 0 saturated heterocycles. The van der Waals surface area contributed by atoms with Crippen LogP contribution in [0.25, 0.3) is 10.8 Å². The summed E-state index contributed by atoms with van der Waals surface area (Å²) in [5.74, 6) is -0.533. The van der Waals surface area contributed by atoms with Crippen molar-refractivity contribution in [1.29, 1.82) is 0 Å². The summed E-state index contributed by atoms with van der Waals surface area (Å²) < 4.78 is 0.856. The summed E-state index contributed by atoms with van der Waals surface area (Å²) in [5.41, 5.74) is 1.14. The first kappa shape index (κ1) is 29.0. The molecule has 5 aromatic carbocycles. The Hall–Kier alpha value is -4.12. The molecular formula is C36H32BrN2O3P. The SMILES string of the molecule is O=CNCCC(CCN1C(=O)c2cccc3c(Br)ccc(c23)C1=O)[PH](c1ccccc1)(c1ccccc1)c1ccccc1. The van der Waals surface area contributed by atoms with E-state index in [-0.39, 0.29) is 24.0 Å². The summed E-state index contributed by atoms with van der Waals surface area (Å²) in [6.07, 6.45) is 2.02. The summed E-state index contributed by atoms with van der Waals surface area (Å²) in [4.78, 5) is 40.6. The second-order valence-corrected chi connectivity index (χ2v) is 15.9. The Morgan fingerprint density at radius 1 is 0.674 bits per heavy atom. The van der Waals surface area contributed by atoms with Gasteiger partial charge in [-0.15, -0.1) is 0 Å². The van der Waals surface area contributed by atoms with Gasteiger partial charge >= 0.3 is 261 Å². The molecule has 1 unspecified atom stereocenters. The first-order valence-electron chi connectivity index (χ1n) is 14.5. The normalized spacial score (nSPS) is 14.0. The van der Waals surface area contributed by atoms with Gasteiger partial charge in [-0.2, -0.15) is 0 Å². The number of carbonyl (C=O) groups is 3. The van der Waals surface area contributed by atoms with E-state index in [0.717, 1.165) is 16.3 Å². The summed E-state index contributed by atoms with van der Waals surface area (Å²) in [7, 11) is -2.77. The molecule has 7 heteroatoms. The summed E-state index contributed by atoms with van der Waals surface area (Å²) in [5, 5.41) is 8.20. The monoisotopic (exact) mass is 650 g/mol. The molecule has 43 heavy (non-hydrogen) atoms. The molecule has 6 rings (SSSR count). The Balaban J connectivity index is 1.46. The first-order valence-corrected chi connectivity index (χ1v) is 17.4. The van der Waals surface area contributed by atoms with Crippen molar-refractivity contribution < 1.29 is 14.4 Å².